The molecule has 0 bridgehead atoms. The van der Waals surface area contributed by atoms with Crippen LogP contribution in [-0.4, -0.2) is 64.0 Å². The van der Waals surface area contributed by atoms with Crippen molar-refractivity contribution < 1.29 is 18.1 Å². The molecule has 1 saturated heterocycles. The Bertz CT molecular complexity index is 1680. The molecule has 0 saturated carbocycles. The summed E-state index contributed by atoms with van der Waals surface area (Å²) in [5.74, 6) is 0.876. The van der Waals surface area contributed by atoms with E-state index in [1.54, 1.807) is 17.8 Å². The van der Waals surface area contributed by atoms with Crippen molar-refractivity contribution in [2.24, 2.45) is 5.41 Å². The van der Waals surface area contributed by atoms with Gasteiger partial charge in [0, 0.05) is 57.7 Å². The van der Waals surface area contributed by atoms with E-state index in [1.165, 1.54) is 12.1 Å². The van der Waals surface area contributed by atoms with E-state index in [4.69, 9.17) is 4.52 Å². The van der Waals surface area contributed by atoms with Crippen LogP contribution >= 0.6 is 11.8 Å². The van der Waals surface area contributed by atoms with Crippen molar-refractivity contribution >= 4 is 55.6 Å². The van der Waals surface area contributed by atoms with Crippen LogP contribution in [-0.2, 0) is 10.0 Å². The lowest BCUT2D eigenvalue weighted by Crippen LogP contribution is -2.56. The Morgan fingerprint density at radius 3 is 2.52 bits per heavy atom. The number of piperidine rings is 1. The van der Waals surface area contributed by atoms with Gasteiger partial charge in [0.15, 0.2) is 11.4 Å². The predicted molar refractivity (Wildman–Crippen MR) is 178 cm³/mol. The third-order valence-electron chi connectivity index (χ3n) is 8.06. The largest absolute Gasteiger partial charge is 0.376 e. The van der Waals surface area contributed by atoms with Gasteiger partial charge in [0.05, 0.1) is 10.3 Å². The lowest BCUT2D eigenvalue weighted by molar-refractivity contribution is -0.378. The summed E-state index contributed by atoms with van der Waals surface area (Å²) in [6.45, 7) is 7.34. The maximum absolute atomic E-state index is 13.4. The van der Waals surface area contributed by atoms with E-state index in [-0.39, 0.29) is 22.4 Å². The first kappa shape index (κ1) is 31.8. The molecule has 4 aromatic rings. The minimum Gasteiger partial charge on any atom is -0.376 e. The molecule has 1 fully saturated rings. The second kappa shape index (κ2) is 13.6. The zero-order valence-corrected chi connectivity index (χ0v) is 27.3. The molecule has 0 aliphatic carbocycles. The van der Waals surface area contributed by atoms with Crippen LogP contribution in [0, 0.1) is 10.3 Å². The molecule has 5 rings (SSSR count). The van der Waals surface area contributed by atoms with Gasteiger partial charge in [-0.2, -0.15) is 0 Å². The summed E-state index contributed by atoms with van der Waals surface area (Å²) < 4.78 is 34.9. The van der Waals surface area contributed by atoms with E-state index in [0.717, 1.165) is 55.2 Å². The number of fused-ring (bicyclic) bond motifs is 1. The summed E-state index contributed by atoms with van der Waals surface area (Å²) in [6.07, 6.45) is 3.04. The Hall–Kier alpha value is -3.61. The van der Waals surface area contributed by atoms with E-state index in [0.29, 0.717) is 22.1 Å². The van der Waals surface area contributed by atoms with E-state index < -0.39 is 10.0 Å². The molecule has 234 valence electrons. The molecule has 1 aliphatic rings. The fraction of sp³-hybridized carbons (Fsp3) is 0.406. The van der Waals surface area contributed by atoms with Gasteiger partial charge in [0.2, 0.25) is 0 Å². The van der Waals surface area contributed by atoms with Crippen LogP contribution in [0.2, 0.25) is 0 Å². The third-order valence-corrected chi connectivity index (χ3v) is 10.6. The van der Waals surface area contributed by atoms with Gasteiger partial charge in [-0.15, -0.1) is 11.8 Å². The van der Waals surface area contributed by atoms with Gasteiger partial charge < -0.3 is 19.6 Å². The highest BCUT2D eigenvalue weighted by molar-refractivity contribution is 7.99. The standard InChI is InChI=1S/C32H40N6O4S2/c1-32(2)15-18-38(19-16-32)24-10-12-27-30(20-24)42-35-31(27)36-44(40,41)26-11-13-28(29(21-26)34-39)33-23(14-17-37(3)4)22-43-25-8-6-5-7-9-25/h5-13,20-21,23,33H,14-19,22H2,1-4H3,(H,35,36)/p+1/t23-/m1/s1. The van der Waals surface area contributed by atoms with Gasteiger partial charge in [-0.05, 0) is 81.7 Å². The van der Waals surface area contributed by atoms with Gasteiger partial charge >= 0.3 is 0 Å². The Kier molecular flexibility index (Phi) is 9.81. The average molecular weight is 638 g/mol. The van der Waals surface area contributed by atoms with Crippen LogP contribution in [0.4, 0.5) is 22.9 Å². The summed E-state index contributed by atoms with van der Waals surface area (Å²) in [5, 5.41) is 9.95. The molecule has 0 spiro atoms. The van der Waals surface area contributed by atoms with Crippen molar-refractivity contribution in [2.45, 2.75) is 48.9 Å². The normalized spacial score (nSPS) is 15.8. The molecule has 0 unspecified atom stereocenters. The van der Waals surface area contributed by atoms with Crippen LogP contribution in [0.15, 0.2) is 81.0 Å². The zero-order valence-electron chi connectivity index (χ0n) is 25.7. The number of anilines is 3. The van der Waals surface area contributed by atoms with Crippen LogP contribution in [0.5, 0.6) is 0 Å². The second-order valence-electron chi connectivity index (χ2n) is 12.3. The number of nitrogens with one attached hydrogen (secondary N) is 3. The first-order chi connectivity index (χ1) is 21.0. The van der Waals surface area contributed by atoms with Crippen LogP contribution in [0.1, 0.15) is 33.1 Å². The highest BCUT2D eigenvalue weighted by atomic mass is 32.2. The van der Waals surface area contributed by atoms with Crippen molar-refractivity contribution in [1.82, 2.24) is 10.1 Å². The Balaban J connectivity index is 1.30. The van der Waals surface area contributed by atoms with Gasteiger partial charge in [0.25, 0.3) is 15.7 Å². The highest BCUT2D eigenvalue weighted by Crippen LogP contribution is 2.35. The van der Waals surface area contributed by atoms with Crippen molar-refractivity contribution in [3.8, 4) is 0 Å². The molecule has 12 heteroatoms. The van der Waals surface area contributed by atoms with Crippen LogP contribution in [0.3, 0.4) is 0 Å². The number of aromatic nitrogens is 1. The third kappa shape index (κ3) is 7.91. The van der Waals surface area contributed by atoms with Crippen molar-refractivity contribution in [3.63, 3.8) is 0 Å². The summed E-state index contributed by atoms with van der Waals surface area (Å²) in [7, 11) is -0.0266. The first-order valence-electron chi connectivity index (χ1n) is 14.8. The van der Waals surface area contributed by atoms with Crippen molar-refractivity contribution in [3.05, 3.63) is 71.6 Å². The maximum atomic E-state index is 13.4. The fourth-order valence-electron chi connectivity index (χ4n) is 5.20. The molecule has 1 aliphatic heterocycles. The van der Waals surface area contributed by atoms with E-state index >= 15 is 0 Å². The summed E-state index contributed by atoms with van der Waals surface area (Å²) in [6, 6.07) is 20.3. The number of hydrogen-bond acceptors (Lipinski definition) is 9. The monoisotopic (exact) mass is 637 g/mol. The average Bonchev–Trinajstić information content (AvgIpc) is 3.40. The molecular formula is C32H41N6O4S2+. The molecule has 2 heterocycles. The molecular weight excluding hydrogens is 597 g/mol. The fourth-order valence-corrected chi connectivity index (χ4v) is 7.23. The summed E-state index contributed by atoms with van der Waals surface area (Å²) >= 11 is 1.73. The van der Waals surface area contributed by atoms with Gasteiger partial charge in [-0.3, -0.25) is 4.72 Å². The summed E-state index contributed by atoms with van der Waals surface area (Å²) in [4.78, 5) is 17.5. The molecule has 44 heavy (non-hydrogen) atoms. The highest BCUT2D eigenvalue weighted by Gasteiger charge is 2.27. The Morgan fingerprint density at radius 1 is 1.07 bits per heavy atom. The number of hydrogen-bond donors (Lipinski definition) is 3. The molecule has 0 radical (unpaired) electrons. The SMILES string of the molecule is CN(C)CC[C@H](CSc1ccccc1)Nc1ccc(S(=O)(=O)Nc2noc3cc(N4CCC(C)(C)CC4)ccc23)cc1[NH+]=O. The quantitative estimate of drug-likeness (QED) is 0.169. The number of nitrogens with zero attached hydrogens (tertiary/aromatic N) is 3. The van der Waals surface area contributed by atoms with E-state index in [1.807, 2.05) is 55.7 Å². The molecule has 1 aromatic heterocycles. The van der Waals surface area contributed by atoms with Crippen LogP contribution in [0.25, 0.3) is 11.0 Å². The number of thioether (sulfide) groups is 1. The topological polar surface area (TPSA) is 122 Å². The minimum atomic E-state index is -4.06. The number of benzene rings is 3. The predicted octanol–water partition coefficient (Wildman–Crippen LogP) is 5.26. The minimum absolute atomic E-state index is 0.0399. The van der Waals surface area contributed by atoms with Gasteiger partial charge in [-0.1, -0.05) is 37.2 Å². The van der Waals surface area contributed by atoms with Gasteiger partial charge in [0.1, 0.15) is 5.69 Å². The molecule has 0 amide bonds. The van der Waals surface area contributed by atoms with Crippen molar-refractivity contribution in [1.29, 1.82) is 0 Å². The number of nitroso groups, excluding NO2 is 1. The smallest absolute Gasteiger partial charge is 0.277 e. The molecule has 1 atom stereocenters. The second-order valence-corrected chi connectivity index (χ2v) is 15.1. The maximum Gasteiger partial charge on any atom is 0.277 e. The number of rotatable bonds is 13. The Labute approximate surface area is 263 Å². The van der Waals surface area contributed by atoms with E-state index in [2.05, 4.69) is 51.0 Å². The lowest BCUT2D eigenvalue weighted by Gasteiger charge is -2.38. The molecule has 3 N–H and O–H groups in total. The van der Waals surface area contributed by atoms with Crippen molar-refractivity contribution in [2.75, 3.05) is 54.4 Å². The molecule has 3 aromatic carbocycles. The summed E-state index contributed by atoms with van der Waals surface area (Å²) in [5.41, 5.74) is 2.55. The van der Waals surface area contributed by atoms with Crippen LogP contribution < -0.4 is 20.1 Å². The first-order valence-corrected chi connectivity index (χ1v) is 17.3. The lowest BCUT2D eigenvalue weighted by atomic mass is 9.82. The zero-order chi connectivity index (χ0) is 31.3. The number of sulfonamides is 1. The van der Waals surface area contributed by atoms with Gasteiger partial charge in [-0.25, -0.2) is 8.42 Å². The Morgan fingerprint density at radius 2 is 1.82 bits per heavy atom. The molecule has 10 nitrogen and oxygen atoms in total. The van der Waals surface area contributed by atoms with E-state index in [9.17, 15) is 13.3 Å².